The van der Waals surface area contributed by atoms with Crippen molar-refractivity contribution in [3.05, 3.63) is 0 Å². The SMILES string of the molecule is CC(C)C1CCC(C)N(C(C)C)C1. The first-order valence-electron chi connectivity index (χ1n) is 5.78. The fraction of sp³-hybridized carbons (Fsp3) is 1.00. The van der Waals surface area contributed by atoms with E-state index in [1.807, 2.05) is 0 Å². The van der Waals surface area contributed by atoms with Crippen LogP contribution in [-0.4, -0.2) is 23.5 Å². The van der Waals surface area contributed by atoms with Crippen LogP contribution in [0.25, 0.3) is 0 Å². The summed E-state index contributed by atoms with van der Waals surface area (Å²) in [6.45, 7) is 13.0. The number of rotatable bonds is 2. The van der Waals surface area contributed by atoms with Gasteiger partial charge < -0.3 is 0 Å². The Morgan fingerprint density at radius 2 is 1.69 bits per heavy atom. The zero-order valence-corrected chi connectivity index (χ0v) is 9.88. The molecule has 13 heavy (non-hydrogen) atoms. The van der Waals surface area contributed by atoms with E-state index >= 15 is 0 Å². The lowest BCUT2D eigenvalue weighted by molar-refractivity contribution is 0.0691. The molecule has 1 fully saturated rings. The minimum Gasteiger partial charge on any atom is -0.298 e. The molecule has 0 aromatic rings. The van der Waals surface area contributed by atoms with Gasteiger partial charge >= 0.3 is 0 Å². The highest BCUT2D eigenvalue weighted by atomic mass is 15.2. The standard InChI is InChI=1S/C12H25N/c1-9(2)12-7-6-11(5)13(8-12)10(3)4/h9-12H,6-8H2,1-5H3. The van der Waals surface area contributed by atoms with E-state index in [9.17, 15) is 0 Å². The molecule has 2 unspecified atom stereocenters. The van der Waals surface area contributed by atoms with Crippen LogP contribution in [-0.2, 0) is 0 Å². The molecule has 1 heterocycles. The summed E-state index contributed by atoms with van der Waals surface area (Å²) in [4.78, 5) is 2.66. The van der Waals surface area contributed by atoms with Gasteiger partial charge in [0.2, 0.25) is 0 Å². The van der Waals surface area contributed by atoms with E-state index in [1.54, 1.807) is 0 Å². The Bertz CT molecular complexity index is 151. The molecule has 1 heteroatoms. The molecule has 0 N–H and O–H groups in total. The lowest BCUT2D eigenvalue weighted by Gasteiger charge is -2.42. The smallest absolute Gasteiger partial charge is 0.00698 e. The van der Waals surface area contributed by atoms with Gasteiger partial charge in [-0.05, 0) is 45.4 Å². The Morgan fingerprint density at radius 1 is 1.08 bits per heavy atom. The molecule has 0 aromatic heterocycles. The molecule has 0 spiro atoms. The molecule has 78 valence electrons. The average molecular weight is 183 g/mol. The van der Waals surface area contributed by atoms with Crippen molar-refractivity contribution in [2.24, 2.45) is 11.8 Å². The molecule has 1 rings (SSSR count). The molecular weight excluding hydrogens is 158 g/mol. The van der Waals surface area contributed by atoms with E-state index in [2.05, 4.69) is 39.5 Å². The van der Waals surface area contributed by atoms with Crippen LogP contribution in [0.15, 0.2) is 0 Å². The summed E-state index contributed by atoms with van der Waals surface area (Å²) >= 11 is 0. The Morgan fingerprint density at radius 3 is 2.15 bits per heavy atom. The summed E-state index contributed by atoms with van der Waals surface area (Å²) in [6, 6.07) is 1.52. The highest BCUT2D eigenvalue weighted by molar-refractivity contribution is 4.82. The molecule has 1 aliphatic heterocycles. The summed E-state index contributed by atoms with van der Waals surface area (Å²) in [5.74, 6) is 1.78. The van der Waals surface area contributed by atoms with Gasteiger partial charge in [0.25, 0.3) is 0 Å². The van der Waals surface area contributed by atoms with Gasteiger partial charge in [0.15, 0.2) is 0 Å². The predicted molar refractivity (Wildman–Crippen MR) is 58.9 cm³/mol. The van der Waals surface area contributed by atoms with Crippen LogP contribution in [0.1, 0.15) is 47.5 Å². The first kappa shape index (κ1) is 11.0. The van der Waals surface area contributed by atoms with Crippen LogP contribution in [0.4, 0.5) is 0 Å². The third kappa shape index (κ3) is 2.70. The van der Waals surface area contributed by atoms with Crippen LogP contribution in [0.5, 0.6) is 0 Å². The Hall–Kier alpha value is -0.0400. The molecule has 0 aliphatic carbocycles. The average Bonchev–Trinajstić information content (AvgIpc) is 2.04. The second-order valence-corrected chi connectivity index (χ2v) is 5.22. The Balaban J connectivity index is 2.53. The van der Waals surface area contributed by atoms with Crippen molar-refractivity contribution in [3.63, 3.8) is 0 Å². The van der Waals surface area contributed by atoms with Crippen molar-refractivity contribution < 1.29 is 0 Å². The molecule has 0 bridgehead atoms. The molecule has 0 saturated carbocycles. The van der Waals surface area contributed by atoms with E-state index in [0.29, 0.717) is 0 Å². The molecule has 2 atom stereocenters. The van der Waals surface area contributed by atoms with Gasteiger partial charge in [-0.15, -0.1) is 0 Å². The highest BCUT2D eigenvalue weighted by Gasteiger charge is 2.28. The normalized spacial score (nSPS) is 31.6. The number of hydrogen-bond donors (Lipinski definition) is 0. The third-order valence-corrected chi connectivity index (χ3v) is 3.57. The van der Waals surface area contributed by atoms with Crippen LogP contribution in [0.2, 0.25) is 0 Å². The number of likely N-dealkylation sites (tertiary alicyclic amines) is 1. The van der Waals surface area contributed by atoms with Gasteiger partial charge in [0.1, 0.15) is 0 Å². The Labute approximate surface area is 83.5 Å². The minimum absolute atomic E-state index is 0.719. The summed E-state index contributed by atoms with van der Waals surface area (Å²) in [7, 11) is 0. The van der Waals surface area contributed by atoms with Crippen molar-refractivity contribution in [2.75, 3.05) is 6.54 Å². The first-order chi connectivity index (χ1) is 6.02. The largest absolute Gasteiger partial charge is 0.298 e. The maximum atomic E-state index is 2.66. The van der Waals surface area contributed by atoms with Crippen molar-refractivity contribution in [3.8, 4) is 0 Å². The third-order valence-electron chi connectivity index (χ3n) is 3.57. The molecule has 1 aliphatic rings. The summed E-state index contributed by atoms with van der Waals surface area (Å²) in [5.41, 5.74) is 0. The second kappa shape index (κ2) is 4.45. The predicted octanol–water partition coefficient (Wildman–Crippen LogP) is 3.15. The van der Waals surface area contributed by atoms with Gasteiger partial charge in [-0.2, -0.15) is 0 Å². The molecule has 0 aromatic carbocycles. The topological polar surface area (TPSA) is 3.24 Å². The van der Waals surface area contributed by atoms with Crippen molar-refractivity contribution in [1.82, 2.24) is 4.90 Å². The van der Waals surface area contributed by atoms with Gasteiger partial charge in [-0.1, -0.05) is 13.8 Å². The number of piperidine rings is 1. The first-order valence-corrected chi connectivity index (χ1v) is 5.78. The lowest BCUT2D eigenvalue weighted by Crippen LogP contribution is -2.46. The maximum absolute atomic E-state index is 2.66. The number of hydrogen-bond acceptors (Lipinski definition) is 1. The quantitative estimate of drug-likeness (QED) is 0.635. The molecular formula is C12H25N. The molecule has 1 nitrogen and oxygen atoms in total. The zero-order chi connectivity index (χ0) is 10.0. The highest BCUT2D eigenvalue weighted by Crippen LogP contribution is 2.28. The van der Waals surface area contributed by atoms with Crippen molar-refractivity contribution in [2.45, 2.75) is 59.5 Å². The van der Waals surface area contributed by atoms with Gasteiger partial charge in [-0.25, -0.2) is 0 Å². The van der Waals surface area contributed by atoms with E-state index in [4.69, 9.17) is 0 Å². The van der Waals surface area contributed by atoms with E-state index in [0.717, 1.165) is 23.9 Å². The van der Waals surface area contributed by atoms with Crippen molar-refractivity contribution in [1.29, 1.82) is 0 Å². The van der Waals surface area contributed by atoms with Crippen LogP contribution in [0, 0.1) is 11.8 Å². The monoisotopic (exact) mass is 183 g/mol. The fourth-order valence-electron chi connectivity index (χ4n) is 2.43. The van der Waals surface area contributed by atoms with Gasteiger partial charge in [0.05, 0.1) is 0 Å². The van der Waals surface area contributed by atoms with Crippen LogP contribution in [0.3, 0.4) is 0 Å². The van der Waals surface area contributed by atoms with Crippen molar-refractivity contribution >= 4 is 0 Å². The fourth-order valence-corrected chi connectivity index (χ4v) is 2.43. The molecule has 0 radical (unpaired) electrons. The molecule has 1 saturated heterocycles. The summed E-state index contributed by atoms with van der Waals surface area (Å²) < 4.78 is 0. The van der Waals surface area contributed by atoms with Gasteiger partial charge in [0, 0.05) is 18.6 Å². The van der Waals surface area contributed by atoms with E-state index in [-0.39, 0.29) is 0 Å². The summed E-state index contributed by atoms with van der Waals surface area (Å²) in [6.07, 6.45) is 2.82. The lowest BCUT2D eigenvalue weighted by atomic mass is 9.85. The van der Waals surface area contributed by atoms with E-state index < -0.39 is 0 Å². The number of nitrogens with zero attached hydrogens (tertiary/aromatic N) is 1. The molecule has 0 amide bonds. The Kier molecular flexibility index (Phi) is 3.78. The van der Waals surface area contributed by atoms with E-state index in [1.165, 1.54) is 19.4 Å². The van der Waals surface area contributed by atoms with Gasteiger partial charge in [-0.3, -0.25) is 4.90 Å². The van der Waals surface area contributed by atoms with Crippen LogP contribution >= 0.6 is 0 Å². The maximum Gasteiger partial charge on any atom is 0.00698 e. The minimum atomic E-state index is 0.719. The second-order valence-electron chi connectivity index (χ2n) is 5.22. The van der Waals surface area contributed by atoms with Crippen LogP contribution < -0.4 is 0 Å². The zero-order valence-electron chi connectivity index (χ0n) is 9.88. The summed E-state index contributed by atoms with van der Waals surface area (Å²) in [5, 5.41) is 0.